The Morgan fingerprint density at radius 3 is 2.54 bits per heavy atom. The molecule has 2 heterocycles. The molecule has 3 rings (SSSR count). The standard InChI is InChI=1S/C25H31N3O5S2/c1-15(29)28-10-9-18-19(13-28)35-23(22(18)24(32)33-5)27-21(31)14-34-17-8-6-7-16(11-17)26-20(30)12-25(2,3)4/h6-8,11H,9-10,12-14H2,1-5H3,(H,26,30)(H,27,31). The predicted octanol–water partition coefficient (Wildman–Crippen LogP) is 4.54. The van der Waals surface area contributed by atoms with Crippen LogP contribution in [-0.4, -0.2) is 48.0 Å². The molecule has 0 saturated heterocycles. The lowest BCUT2D eigenvalue weighted by Crippen LogP contribution is -2.33. The summed E-state index contributed by atoms with van der Waals surface area (Å²) in [5.74, 6) is -0.715. The zero-order chi connectivity index (χ0) is 25.8. The van der Waals surface area contributed by atoms with Crippen molar-refractivity contribution in [2.45, 2.75) is 52.0 Å². The summed E-state index contributed by atoms with van der Waals surface area (Å²) in [7, 11) is 1.31. The van der Waals surface area contributed by atoms with Gasteiger partial charge in [0, 0.05) is 35.3 Å². The van der Waals surface area contributed by atoms with Gasteiger partial charge < -0.3 is 20.3 Å². The van der Waals surface area contributed by atoms with E-state index in [0.717, 1.165) is 15.3 Å². The van der Waals surface area contributed by atoms with Crippen molar-refractivity contribution >= 4 is 57.5 Å². The third-order valence-electron chi connectivity index (χ3n) is 5.32. The lowest BCUT2D eigenvalue weighted by atomic mass is 9.92. The number of hydrogen-bond donors (Lipinski definition) is 2. The maximum absolute atomic E-state index is 12.7. The Bertz CT molecular complexity index is 1140. The third kappa shape index (κ3) is 7.32. The third-order valence-corrected chi connectivity index (χ3v) is 7.45. The van der Waals surface area contributed by atoms with E-state index in [-0.39, 0.29) is 28.9 Å². The van der Waals surface area contributed by atoms with Gasteiger partial charge in [-0.2, -0.15) is 0 Å². The fraction of sp³-hybridized carbons (Fsp3) is 0.440. The Kier molecular flexibility index (Phi) is 8.60. The van der Waals surface area contributed by atoms with Crippen LogP contribution in [0.15, 0.2) is 29.2 Å². The molecule has 0 fully saturated rings. The molecule has 0 aliphatic carbocycles. The number of esters is 1. The summed E-state index contributed by atoms with van der Waals surface area (Å²) in [6.07, 6.45) is 0.943. The Balaban J connectivity index is 1.66. The van der Waals surface area contributed by atoms with E-state index in [9.17, 15) is 19.2 Å². The fourth-order valence-corrected chi connectivity index (χ4v) is 5.76. The molecular weight excluding hydrogens is 486 g/mol. The minimum absolute atomic E-state index is 0.0255. The first-order valence-electron chi connectivity index (χ1n) is 11.3. The molecule has 0 saturated carbocycles. The Hall–Kier alpha value is -2.85. The van der Waals surface area contributed by atoms with E-state index in [1.165, 1.54) is 37.1 Å². The average molecular weight is 518 g/mol. The molecule has 2 N–H and O–H groups in total. The van der Waals surface area contributed by atoms with Gasteiger partial charge in [-0.05, 0) is 35.6 Å². The summed E-state index contributed by atoms with van der Waals surface area (Å²) < 4.78 is 4.96. The smallest absolute Gasteiger partial charge is 0.341 e. The summed E-state index contributed by atoms with van der Waals surface area (Å²) in [6.45, 7) is 8.47. The number of thioether (sulfide) groups is 1. The number of amides is 3. The second-order valence-corrected chi connectivity index (χ2v) is 11.7. The molecule has 2 aromatic rings. The van der Waals surface area contributed by atoms with Crippen molar-refractivity contribution in [3.8, 4) is 0 Å². The highest BCUT2D eigenvalue weighted by atomic mass is 32.2. The number of hydrogen-bond acceptors (Lipinski definition) is 7. The number of rotatable bonds is 7. The largest absolute Gasteiger partial charge is 0.465 e. The van der Waals surface area contributed by atoms with Crippen molar-refractivity contribution < 1.29 is 23.9 Å². The van der Waals surface area contributed by atoms with Crippen LogP contribution in [0.3, 0.4) is 0 Å². The fourth-order valence-electron chi connectivity index (χ4n) is 3.74. The highest BCUT2D eigenvalue weighted by Gasteiger charge is 2.30. The van der Waals surface area contributed by atoms with Gasteiger partial charge in [0.15, 0.2) is 0 Å². The normalized spacial score (nSPS) is 13.1. The van der Waals surface area contributed by atoms with Crippen molar-refractivity contribution in [2.24, 2.45) is 5.41 Å². The van der Waals surface area contributed by atoms with Crippen LogP contribution in [0, 0.1) is 5.41 Å². The lowest BCUT2D eigenvalue weighted by molar-refractivity contribution is -0.129. The second-order valence-electron chi connectivity index (χ2n) is 9.54. The van der Waals surface area contributed by atoms with Crippen molar-refractivity contribution in [2.75, 3.05) is 30.0 Å². The Labute approximate surface area is 213 Å². The van der Waals surface area contributed by atoms with E-state index < -0.39 is 5.97 Å². The van der Waals surface area contributed by atoms with Crippen molar-refractivity contribution in [3.05, 3.63) is 40.3 Å². The van der Waals surface area contributed by atoms with Crippen LogP contribution < -0.4 is 10.6 Å². The first-order valence-corrected chi connectivity index (χ1v) is 13.1. The predicted molar refractivity (Wildman–Crippen MR) is 139 cm³/mol. The number of nitrogens with zero attached hydrogens (tertiary/aromatic N) is 1. The van der Waals surface area contributed by atoms with Crippen LogP contribution in [0.2, 0.25) is 0 Å². The maximum atomic E-state index is 12.7. The monoisotopic (exact) mass is 517 g/mol. The van der Waals surface area contributed by atoms with Gasteiger partial charge in [0.1, 0.15) is 5.00 Å². The van der Waals surface area contributed by atoms with Gasteiger partial charge in [-0.25, -0.2) is 4.79 Å². The number of methoxy groups -OCH3 is 1. The number of fused-ring (bicyclic) bond motifs is 1. The molecule has 188 valence electrons. The van der Waals surface area contributed by atoms with E-state index >= 15 is 0 Å². The zero-order valence-electron chi connectivity index (χ0n) is 20.6. The summed E-state index contributed by atoms with van der Waals surface area (Å²) >= 11 is 2.64. The van der Waals surface area contributed by atoms with Crippen LogP contribution in [-0.2, 0) is 32.1 Å². The first kappa shape index (κ1) is 26.7. The van der Waals surface area contributed by atoms with Crippen molar-refractivity contribution in [3.63, 3.8) is 0 Å². The Morgan fingerprint density at radius 1 is 1.14 bits per heavy atom. The SMILES string of the molecule is COC(=O)c1c(NC(=O)CSc2cccc(NC(=O)CC(C)(C)C)c2)sc2c1CCN(C(C)=O)C2. The molecule has 1 aromatic carbocycles. The number of carbonyl (C=O) groups excluding carboxylic acids is 4. The van der Waals surface area contributed by atoms with Gasteiger partial charge in [-0.3, -0.25) is 14.4 Å². The number of benzene rings is 1. The maximum Gasteiger partial charge on any atom is 0.341 e. The molecule has 1 aliphatic rings. The molecule has 0 unspecified atom stereocenters. The number of nitrogens with one attached hydrogen (secondary N) is 2. The molecule has 1 aliphatic heterocycles. The van der Waals surface area contributed by atoms with Crippen LogP contribution in [0.5, 0.6) is 0 Å². The summed E-state index contributed by atoms with van der Waals surface area (Å²) in [5, 5.41) is 6.20. The van der Waals surface area contributed by atoms with E-state index in [2.05, 4.69) is 10.6 Å². The minimum atomic E-state index is -0.500. The molecule has 35 heavy (non-hydrogen) atoms. The molecular formula is C25H31N3O5S2. The van der Waals surface area contributed by atoms with Crippen molar-refractivity contribution in [1.29, 1.82) is 0 Å². The number of carbonyl (C=O) groups is 4. The highest BCUT2D eigenvalue weighted by molar-refractivity contribution is 8.00. The van der Waals surface area contributed by atoms with Crippen LogP contribution in [0.1, 0.15) is 54.9 Å². The summed E-state index contributed by atoms with van der Waals surface area (Å²) in [6, 6.07) is 7.35. The lowest BCUT2D eigenvalue weighted by Gasteiger charge is -2.25. The highest BCUT2D eigenvalue weighted by Crippen LogP contribution is 2.38. The summed E-state index contributed by atoms with van der Waals surface area (Å²) in [4.78, 5) is 52.6. The number of thiophene rings is 1. The van der Waals surface area contributed by atoms with Gasteiger partial charge in [0.2, 0.25) is 17.7 Å². The number of anilines is 2. The van der Waals surface area contributed by atoms with Gasteiger partial charge >= 0.3 is 5.97 Å². The van der Waals surface area contributed by atoms with E-state index in [1.807, 2.05) is 45.0 Å². The van der Waals surface area contributed by atoms with Gasteiger partial charge in [0.25, 0.3) is 0 Å². The average Bonchev–Trinajstić information content (AvgIpc) is 3.12. The second kappa shape index (κ2) is 11.3. The molecule has 0 radical (unpaired) electrons. The molecule has 0 atom stereocenters. The quantitative estimate of drug-likeness (QED) is 0.413. The Morgan fingerprint density at radius 2 is 1.89 bits per heavy atom. The van der Waals surface area contributed by atoms with Crippen LogP contribution >= 0.6 is 23.1 Å². The molecule has 3 amide bonds. The van der Waals surface area contributed by atoms with Gasteiger partial charge in [-0.15, -0.1) is 23.1 Å². The minimum Gasteiger partial charge on any atom is -0.465 e. The van der Waals surface area contributed by atoms with E-state index in [0.29, 0.717) is 42.2 Å². The number of ether oxygens (including phenoxy) is 1. The van der Waals surface area contributed by atoms with Gasteiger partial charge in [-0.1, -0.05) is 26.8 Å². The van der Waals surface area contributed by atoms with Crippen LogP contribution in [0.4, 0.5) is 10.7 Å². The zero-order valence-corrected chi connectivity index (χ0v) is 22.3. The van der Waals surface area contributed by atoms with Crippen LogP contribution in [0.25, 0.3) is 0 Å². The molecule has 1 aromatic heterocycles. The first-order chi connectivity index (χ1) is 16.5. The molecule has 8 nitrogen and oxygen atoms in total. The van der Waals surface area contributed by atoms with Crippen molar-refractivity contribution in [1.82, 2.24) is 4.90 Å². The summed E-state index contributed by atoms with van der Waals surface area (Å²) in [5.41, 5.74) is 1.78. The van der Waals surface area contributed by atoms with Gasteiger partial charge in [0.05, 0.1) is 25.0 Å². The molecule has 10 heteroatoms. The van der Waals surface area contributed by atoms with E-state index in [4.69, 9.17) is 4.74 Å². The topological polar surface area (TPSA) is 105 Å². The van der Waals surface area contributed by atoms with E-state index in [1.54, 1.807) is 4.90 Å². The molecule has 0 bridgehead atoms. The molecule has 0 spiro atoms.